The largest absolute Gasteiger partial charge is 0.350 e. The molecule has 1 aliphatic carbocycles. The van der Waals surface area contributed by atoms with Crippen LogP contribution in [0.1, 0.15) is 48.6 Å². The highest BCUT2D eigenvalue weighted by Crippen LogP contribution is 2.35. The van der Waals surface area contributed by atoms with Gasteiger partial charge < -0.3 is 4.57 Å². The molecule has 0 aromatic carbocycles. The van der Waals surface area contributed by atoms with Crippen LogP contribution in [-0.2, 0) is 7.05 Å². The maximum atomic E-state index is 8.94. The molecule has 0 amide bonds. The van der Waals surface area contributed by atoms with E-state index in [1.165, 1.54) is 31.4 Å². The van der Waals surface area contributed by atoms with Crippen molar-refractivity contribution in [2.45, 2.75) is 38.5 Å². The predicted molar refractivity (Wildman–Crippen MR) is 56.1 cm³/mol. The van der Waals surface area contributed by atoms with Crippen LogP contribution in [0, 0.1) is 18.3 Å². The summed E-state index contributed by atoms with van der Waals surface area (Å²) in [7, 11) is 2.07. The smallest absolute Gasteiger partial charge is 0.101 e. The Bertz CT molecular complexity index is 376. The first kappa shape index (κ1) is 9.33. The van der Waals surface area contributed by atoms with Gasteiger partial charge >= 0.3 is 0 Å². The van der Waals surface area contributed by atoms with E-state index in [-0.39, 0.29) is 0 Å². The first-order chi connectivity index (χ1) is 6.74. The zero-order valence-corrected chi connectivity index (χ0v) is 8.88. The molecule has 0 radical (unpaired) electrons. The van der Waals surface area contributed by atoms with Crippen molar-refractivity contribution in [3.05, 3.63) is 23.0 Å². The molecule has 0 aliphatic heterocycles. The average Bonchev–Trinajstić information content (AvgIpc) is 2.78. The molecule has 1 aromatic heterocycles. The van der Waals surface area contributed by atoms with Crippen LogP contribution in [-0.4, -0.2) is 4.57 Å². The third kappa shape index (κ3) is 1.33. The Morgan fingerprint density at radius 2 is 2.07 bits per heavy atom. The third-order valence-corrected chi connectivity index (χ3v) is 3.47. The molecule has 1 saturated carbocycles. The van der Waals surface area contributed by atoms with E-state index in [2.05, 4.69) is 23.8 Å². The molecule has 2 rings (SSSR count). The first-order valence-corrected chi connectivity index (χ1v) is 5.30. The highest BCUT2D eigenvalue weighted by Gasteiger charge is 2.21. The maximum Gasteiger partial charge on any atom is 0.101 e. The second-order valence-electron chi connectivity index (χ2n) is 4.22. The summed E-state index contributed by atoms with van der Waals surface area (Å²) in [5, 5.41) is 8.94. The summed E-state index contributed by atoms with van der Waals surface area (Å²) in [5.74, 6) is 0.695. The van der Waals surface area contributed by atoms with Crippen molar-refractivity contribution in [2.75, 3.05) is 0 Å². The lowest BCUT2D eigenvalue weighted by molar-refractivity contribution is 0.649. The van der Waals surface area contributed by atoms with Gasteiger partial charge in [-0.25, -0.2) is 0 Å². The van der Waals surface area contributed by atoms with E-state index in [0.29, 0.717) is 5.92 Å². The molecule has 0 unspecified atom stereocenters. The first-order valence-electron chi connectivity index (χ1n) is 5.30. The minimum atomic E-state index is 0.695. The standard InChI is InChI=1S/C12H16N2/c1-9-11(8-13)7-12(14(9)2)10-5-3-4-6-10/h7,10H,3-6H2,1-2H3. The van der Waals surface area contributed by atoms with E-state index < -0.39 is 0 Å². The number of rotatable bonds is 1. The van der Waals surface area contributed by atoms with Gasteiger partial charge in [0, 0.05) is 18.4 Å². The average molecular weight is 188 g/mol. The van der Waals surface area contributed by atoms with Crippen LogP contribution in [0.5, 0.6) is 0 Å². The van der Waals surface area contributed by atoms with Crippen molar-refractivity contribution in [1.82, 2.24) is 4.57 Å². The Labute approximate surface area is 85.2 Å². The Morgan fingerprint density at radius 1 is 1.43 bits per heavy atom. The Hall–Kier alpha value is -1.23. The van der Waals surface area contributed by atoms with Crippen LogP contribution in [0.25, 0.3) is 0 Å². The second kappa shape index (κ2) is 3.49. The number of nitrogens with zero attached hydrogens (tertiary/aromatic N) is 2. The molecule has 0 atom stereocenters. The molecule has 74 valence electrons. The Balaban J connectivity index is 2.39. The lowest BCUT2D eigenvalue weighted by Gasteiger charge is -2.11. The summed E-state index contributed by atoms with van der Waals surface area (Å²) in [6.07, 6.45) is 5.28. The monoisotopic (exact) mass is 188 g/mol. The molecule has 14 heavy (non-hydrogen) atoms. The molecule has 0 N–H and O–H groups in total. The summed E-state index contributed by atoms with van der Waals surface area (Å²) >= 11 is 0. The molecule has 1 aromatic rings. The van der Waals surface area contributed by atoms with Crippen molar-refractivity contribution in [3.63, 3.8) is 0 Å². The zero-order valence-electron chi connectivity index (χ0n) is 8.88. The van der Waals surface area contributed by atoms with Gasteiger partial charge in [0.25, 0.3) is 0 Å². The quantitative estimate of drug-likeness (QED) is 0.666. The zero-order chi connectivity index (χ0) is 10.1. The fourth-order valence-electron chi connectivity index (χ4n) is 2.45. The van der Waals surface area contributed by atoms with Gasteiger partial charge in [0.1, 0.15) is 6.07 Å². The van der Waals surface area contributed by atoms with Crippen LogP contribution in [0.4, 0.5) is 0 Å². The summed E-state index contributed by atoms with van der Waals surface area (Å²) in [6.45, 7) is 2.02. The minimum Gasteiger partial charge on any atom is -0.350 e. The van der Waals surface area contributed by atoms with Gasteiger partial charge in [0.05, 0.1) is 5.56 Å². The van der Waals surface area contributed by atoms with E-state index in [9.17, 15) is 0 Å². The summed E-state index contributed by atoms with van der Waals surface area (Å²) in [6, 6.07) is 4.33. The van der Waals surface area contributed by atoms with Crippen molar-refractivity contribution in [2.24, 2.45) is 7.05 Å². The van der Waals surface area contributed by atoms with Gasteiger partial charge in [-0.15, -0.1) is 0 Å². The second-order valence-corrected chi connectivity index (χ2v) is 4.22. The van der Waals surface area contributed by atoms with E-state index in [1.54, 1.807) is 0 Å². The number of aromatic nitrogens is 1. The van der Waals surface area contributed by atoms with Crippen LogP contribution >= 0.6 is 0 Å². The Kier molecular flexibility index (Phi) is 2.33. The van der Waals surface area contributed by atoms with Gasteiger partial charge in [-0.2, -0.15) is 5.26 Å². The molecule has 2 heteroatoms. The fourth-order valence-corrected chi connectivity index (χ4v) is 2.45. The van der Waals surface area contributed by atoms with Crippen LogP contribution in [0.3, 0.4) is 0 Å². The summed E-state index contributed by atoms with van der Waals surface area (Å²) < 4.78 is 2.19. The summed E-state index contributed by atoms with van der Waals surface area (Å²) in [4.78, 5) is 0. The van der Waals surface area contributed by atoms with Crippen LogP contribution in [0.2, 0.25) is 0 Å². The minimum absolute atomic E-state index is 0.695. The number of nitriles is 1. The van der Waals surface area contributed by atoms with Crippen molar-refractivity contribution in [3.8, 4) is 6.07 Å². The third-order valence-electron chi connectivity index (χ3n) is 3.47. The number of hydrogen-bond donors (Lipinski definition) is 0. The van der Waals surface area contributed by atoms with Gasteiger partial charge in [-0.05, 0) is 31.7 Å². The highest BCUT2D eigenvalue weighted by molar-refractivity contribution is 5.38. The lowest BCUT2D eigenvalue weighted by atomic mass is 10.0. The van der Waals surface area contributed by atoms with Gasteiger partial charge in [0.15, 0.2) is 0 Å². The van der Waals surface area contributed by atoms with Crippen molar-refractivity contribution in [1.29, 1.82) is 5.26 Å². The van der Waals surface area contributed by atoms with Gasteiger partial charge in [-0.1, -0.05) is 12.8 Å². The van der Waals surface area contributed by atoms with E-state index in [0.717, 1.165) is 11.3 Å². The summed E-state index contributed by atoms with van der Waals surface area (Å²) in [5.41, 5.74) is 3.31. The van der Waals surface area contributed by atoms with Crippen molar-refractivity contribution >= 4 is 0 Å². The molecule has 0 bridgehead atoms. The number of hydrogen-bond acceptors (Lipinski definition) is 1. The lowest BCUT2D eigenvalue weighted by Crippen LogP contribution is -2.02. The molecule has 1 fully saturated rings. The molecular weight excluding hydrogens is 172 g/mol. The predicted octanol–water partition coefficient (Wildman–Crippen LogP) is 2.86. The van der Waals surface area contributed by atoms with Crippen molar-refractivity contribution < 1.29 is 0 Å². The van der Waals surface area contributed by atoms with Crippen LogP contribution < -0.4 is 0 Å². The van der Waals surface area contributed by atoms with Crippen LogP contribution in [0.15, 0.2) is 6.07 Å². The maximum absolute atomic E-state index is 8.94. The van der Waals surface area contributed by atoms with E-state index >= 15 is 0 Å². The molecule has 0 saturated heterocycles. The van der Waals surface area contributed by atoms with Gasteiger partial charge in [-0.3, -0.25) is 0 Å². The van der Waals surface area contributed by atoms with Gasteiger partial charge in [0.2, 0.25) is 0 Å². The van der Waals surface area contributed by atoms with E-state index in [1.807, 2.05) is 6.92 Å². The SMILES string of the molecule is Cc1c(C#N)cc(C2CCCC2)n1C. The topological polar surface area (TPSA) is 28.7 Å². The molecule has 2 nitrogen and oxygen atoms in total. The molecule has 0 spiro atoms. The molecule has 1 heterocycles. The molecule has 1 aliphatic rings. The normalized spacial score (nSPS) is 17.2. The highest BCUT2D eigenvalue weighted by atomic mass is 15.0. The fraction of sp³-hybridized carbons (Fsp3) is 0.583. The van der Waals surface area contributed by atoms with E-state index in [4.69, 9.17) is 5.26 Å². The molecular formula is C12H16N2. The Morgan fingerprint density at radius 3 is 2.57 bits per heavy atom.